The smallest absolute Gasteiger partial charge is 0.416 e. The van der Waals surface area contributed by atoms with Crippen molar-refractivity contribution >= 4 is 27.5 Å². The SMILES string of the molecule is O=C(O)c1cc2c(=O)[nH]c(Cc3cccc(C(F)(F)F)c3)nc2s1. The van der Waals surface area contributed by atoms with E-state index in [1.54, 1.807) is 0 Å². The van der Waals surface area contributed by atoms with Crippen molar-refractivity contribution in [1.82, 2.24) is 9.97 Å². The Bertz CT molecular complexity index is 992. The third kappa shape index (κ3) is 3.16. The first-order valence-corrected chi connectivity index (χ1v) is 7.48. The molecular formula is C15H9F3N2O3S. The summed E-state index contributed by atoms with van der Waals surface area (Å²) in [6.45, 7) is 0. The van der Waals surface area contributed by atoms with Gasteiger partial charge in [0.25, 0.3) is 5.56 Å². The molecule has 3 aromatic rings. The fourth-order valence-corrected chi connectivity index (χ4v) is 3.11. The number of halogens is 3. The number of alkyl halides is 3. The van der Waals surface area contributed by atoms with E-state index in [1.165, 1.54) is 18.2 Å². The lowest BCUT2D eigenvalue weighted by Gasteiger charge is -2.08. The first-order valence-electron chi connectivity index (χ1n) is 6.66. The van der Waals surface area contributed by atoms with Gasteiger partial charge in [0.05, 0.1) is 10.9 Å². The van der Waals surface area contributed by atoms with E-state index in [-0.39, 0.29) is 27.3 Å². The van der Waals surface area contributed by atoms with E-state index >= 15 is 0 Å². The fraction of sp³-hybridized carbons (Fsp3) is 0.133. The van der Waals surface area contributed by atoms with Gasteiger partial charge in [0.15, 0.2) is 0 Å². The molecule has 2 aromatic heterocycles. The molecular weight excluding hydrogens is 345 g/mol. The average Bonchev–Trinajstić information content (AvgIpc) is 2.91. The minimum Gasteiger partial charge on any atom is -0.477 e. The maximum absolute atomic E-state index is 12.7. The number of benzene rings is 1. The third-order valence-electron chi connectivity index (χ3n) is 3.29. The van der Waals surface area contributed by atoms with Crippen LogP contribution in [0.4, 0.5) is 13.2 Å². The molecule has 0 spiro atoms. The molecule has 5 nitrogen and oxygen atoms in total. The van der Waals surface area contributed by atoms with Crippen LogP contribution in [0.2, 0.25) is 0 Å². The second-order valence-electron chi connectivity index (χ2n) is 5.02. The van der Waals surface area contributed by atoms with E-state index < -0.39 is 23.3 Å². The highest BCUT2D eigenvalue weighted by Crippen LogP contribution is 2.30. The van der Waals surface area contributed by atoms with Crippen molar-refractivity contribution in [2.45, 2.75) is 12.6 Å². The molecule has 24 heavy (non-hydrogen) atoms. The molecule has 0 aliphatic carbocycles. The number of H-pyrrole nitrogens is 1. The molecule has 2 N–H and O–H groups in total. The van der Waals surface area contributed by atoms with E-state index in [9.17, 15) is 22.8 Å². The Morgan fingerprint density at radius 2 is 2.04 bits per heavy atom. The van der Waals surface area contributed by atoms with E-state index in [0.717, 1.165) is 23.5 Å². The number of hydrogen-bond acceptors (Lipinski definition) is 4. The predicted molar refractivity (Wildman–Crippen MR) is 81.5 cm³/mol. The fourth-order valence-electron chi connectivity index (χ4n) is 2.22. The summed E-state index contributed by atoms with van der Waals surface area (Å²) < 4.78 is 38.2. The molecule has 0 radical (unpaired) electrons. The molecule has 2 heterocycles. The maximum atomic E-state index is 12.7. The highest BCUT2D eigenvalue weighted by atomic mass is 32.1. The van der Waals surface area contributed by atoms with E-state index in [4.69, 9.17) is 5.11 Å². The summed E-state index contributed by atoms with van der Waals surface area (Å²) >= 11 is 0.841. The van der Waals surface area contributed by atoms with Crippen LogP contribution < -0.4 is 5.56 Å². The molecule has 0 atom stereocenters. The van der Waals surface area contributed by atoms with Crippen LogP contribution in [0.25, 0.3) is 10.2 Å². The lowest BCUT2D eigenvalue weighted by molar-refractivity contribution is -0.137. The van der Waals surface area contributed by atoms with Crippen molar-refractivity contribution in [1.29, 1.82) is 0 Å². The molecule has 0 saturated carbocycles. The second kappa shape index (κ2) is 5.75. The molecule has 3 rings (SSSR count). The number of aromatic amines is 1. The predicted octanol–water partition coefficient (Wildman–Crippen LogP) is 3.29. The molecule has 0 unspecified atom stereocenters. The van der Waals surface area contributed by atoms with Gasteiger partial charge in [-0.3, -0.25) is 4.79 Å². The van der Waals surface area contributed by atoms with Crippen molar-refractivity contribution in [3.05, 3.63) is 62.5 Å². The Morgan fingerprint density at radius 1 is 1.29 bits per heavy atom. The van der Waals surface area contributed by atoms with Crippen LogP contribution in [0.15, 0.2) is 35.1 Å². The van der Waals surface area contributed by atoms with Crippen molar-refractivity contribution in [3.8, 4) is 0 Å². The molecule has 0 fully saturated rings. The van der Waals surface area contributed by atoms with Crippen LogP contribution in [0.5, 0.6) is 0 Å². The Labute approximate surface area is 136 Å². The molecule has 0 aliphatic heterocycles. The minimum absolute atomic E-state index is 0.00456. The van der Waals surface area contributed by atoms with Crippen molar-refractivity contribution in [2.75, 3.05) is 0 Å². The summed E-state index contributed by atoms with van der Waals surface area (Å²) in [6, 6.07) is 5.95. The van der Waals surface area contributed by atoms with Crippen molar-refractivity contribution < 1.29 is 23.1 Å². The largest absolute Gasteiger partial charge is 0.477 e. The van der Waals surface area contributed by atoms with E-state index in [0.29, 0.717) is 5.56 Å². The Kier molecular flexibility index (Phi) is 3.88. The highest BCUT2D eigenvalue weighted by Gasteiger charge is 2.30. The summed E-state index contributed by atoms with van der Waals surface area (Å²) in [4.78, 5) is 29.8. The Hall–Kier alpha value is -2.68. The van der Waals surface area contributed by atoms with Gasteiger partial charge in [-0.25, -0.2) is 9.78 Å². The van der Waals surface area contributed by atoms with Gasteiger partial charge in [0.2, 0.25) is 0 Å². The van der Waals surface area contributed by atoms with Crippen LogP contribution in [-0.2, 0) is 12.6 Å². The molecule has 0 amide bonds. The van der Waals surface area contributed by atoms with Gasteiger partial charge in [0.1, 0.15) is 15.5 Å². The zero-order valence-electron chi connectivity index (χ0n) is 11.8. The number of carbonyl (C=O) groups is 1. The summed E-state index contributed by atoms with van der Waals surface area (Å²) in [7, 11) is 0. The van der Waals surface area contributed by atoms with Crippen LogP contribution in [0.1, 0.15) is 26.6 Å². The standard InChI is InChI=1S/C15H9F3N2O3S/c16-15(17,18)8-3-1-2-7(4-8)5-11-19-12(21)9-6-10(14(22)23)24-13(9)20-11/h1-4,6H,5H2,(H,22,23)(H,19,20,21). The van der Waals surface area contributed by atoms with Gasteiger partial charge in [-0.1, -0.05) is 18.2 Å². The normalized spacial score (nSPS) is 11.8. The number of aromatic carboxylic acids is 1. The first kappa shape index (κ1) is 16.2. The Balaban J connectivity index is 1.99. The number of rotatable bonds is 3. The topological polar surface area (TPSA) is 83.0 Å². The number of fused-ring (bicyclic) bond motifs is 1. The number of aromatic nitrogens is 2. The number of carboxylic acids is 1. The zero-order valence-corrected chi connectivity index (χ0v) is 12.7. The summed E-state index contributed by atoms with van der Waals surface area (Å²) in [5.41, 5.74) is -0.972. The average molecular weight is 354 g/mol. The van der Waals surface area contributed by atoms with Gasteiger partial charge >= 0.3 is 12.1 Å². The number of nitrogens with zero attached hydrogens (tertiary/aromatic N) is 1. The van der Waals surface area contributed by atoms with Gasteiger partial charge in [0, 0.05) is 6.42 Å². The number of thiophene rings is 1. The quantitative estimate of drug-likeness (QED) is 0.756. The van der Waals surface area contributed by atoms with Gasteiger partial charge in [-0.2, -0.15) is 13.2 Å². The second-order valence-corrected chi connectivity index (χ2v) is 6.05. The Morgan fingerprint density at radius 3 is 2.71 bits per heavy atom. The number of nitrogens with one attached hydrogen (secondary N) is 1. The lowest BCUT2D eigenvalue weighted by atomic mass is 10.1. The van der Waals surface area contributed by atoms with Gasteiger partial charge < -0.3 is 10.1 Å². The summed E-state index contributed by atoms with van der Waals surface area (Å²) in [5.74, 6) is -0.998. The van der Waals surface area contributed by atoms with Crippen LogP contribution >= 0.6 is 11.3 Å². The molecule has 0 saturated heterocycles. The number of hydrogen-bond donors (Lipinski definition) is 2. The van der Waals surface area contributed by atoms with Crippen molar-refractivity contribution in [3.63, 3.8) is 0 Å². The van der Waals surface area contributed by atoms with E-state index in [2.05, 4.69) is 9.97 Å². The number of carboxylic acid groups (broad SMARTS) is 1. The van der Waals surface area contributed by atoms with Gasteiger partial charge in [-0.05, 0) is 17.7 Å². The third-order valence-corrected chi connectivity index (χ3v) is 4.31. The van der Waals surface area contributed by atoms with Crippen LogP contribution in [-0.4, -0.2) is 21.0 Å². The van der Waals surface area contributed by atoms with Crippen LogP contribution in [0, 0.1) is 0 Å². The van der Waals surface area contributed by atoms with Crippen molar-refractivity contribution in [2.24, 2.45) is 0 Å². The molecule has 1 aromatic carbocycles. The zero-order chi connectivity index (χ0) is 17.5. The molecule has 124 valence electrons. The summed E-state index contributed by atoms with van der Waals surface area (Å²) in [5, 5.41) is 9.10. The lowest BCUT2D eigenvalue weighted by Crippen LogP contribution is -2.11. The molecule has 9 heteroatoms. The monoisotopic (exact) mass is 354 g/mol. The summed E-state index contributed by atoms with van der Waals surface area (Å²) in [6.07, 6.45) is -4.46. The maximum Gasteiger partial charge on any atom is 0.416 e. The highest BCUT2D eigenvalue weighted by molar-refractivity contribution is 7.20. The van der Waals surface area contributed by atoms with E-state index in [1.807, 2.05) is 0 Å². The molecule has 0 aliphatic rings. The minimum atomic E-state index is -4.45. The first-order chi connectivity index (χ1) is 11.2. The van der Waals surface area contributed by atoms with Gasteiger partial charge in [-0.15, -0.1) is 11.3 Å². The molecule has 0 bridgehead atoms. The van der Waals surface area contributed by atoms with Crippen LogP contribution in [0.3, 0.4) is 0 Å².